The van der Waals surface area contributed by atoms with Crippen molar-refractivity contribution in [1.82, 2.24) is 9.78 Å². The lowest BCUT2D eigenvalue weighted by Gasteiger charge is -2.04. The van der Waals surface area contributed by atoms with E-state index in [0.717, 1.165) is 24.3 Å². The van der Waals surface area contributed by atoms with E-state index in [1.165, 1.54) is 5.56 Å². The molecule has 0 saturated heterocycles. The average molecular weight is 201 g/mol. The summed E-state index contributed by atoms with van der Waals surface area (Å²) in [6.07, 6.45) is 2.77. The normalized spacial score (nSPS) is 10.5. The summed E-state index contributed by atoms with van der Waals surface area (Å²) >= 11 is 0. The van der Waals surface area contributed by atoms with E-state index in [0.29, 0.717) is 0 Å². The highest BCUT2D eigenvalue weighted by molar-refractivity contribution is 5.37. The van der Waals surface area contributed by atoms with Gasteiger partial charge in [-0.15, -0.1) is 0 Å². The maximum atomic E-state index is 5.87. The summed E-state index contributed by atoms with van der Waals surface area (Å²) in [6, 6.07) is 10.4. The molecule has 0 amide bonds. The van der Waals surface area contributed by atoms with Crippen LogP contribution < -0.4 is 5.73 Å². The van der Waals surface area contributed by atoms with Crippen LogP contribution in [-0.4, -0.2) is 9.78 Å². The monoisotopic (exact) mass is 201 g/mol. The first-order chi connectivity index (χ1) is 7.27. The third kappa shape index (κ3) is 2.18. The fourth-order valence-corrected chi connectivity index (χ4v) is 1.55. The van der Waals surface area contributed by atoms with Crippen molar-refractivity contribution in [3.63, 3.8) is 0 Å². The Balaban J connectivity index is 2.02. The second-order valence-corrected chi connectivity index (χ2v) is 3.67. The fourth-order valence-electron chi connectivity index (χ4n) is 1.55. The summed E-state index contributed by atoms with van der Waals surface area (Å²) in [5.41, 5.74) is 8.22. The summed E-state index contributed by atoms with van der Waals surface area (Å²) in [6.45, 7) is 2.81. The van der Waals surface area contributed by atoms with Crippen LogP contribution in [0.1, 0.15) is 11.1 Å². The summed E-state index contributed by atoms with van der Waals surface area (Å²) in [5.74, 6) is 0.769. The summed E-state index contributed by atoms with van der Waals surface area (Å²) < 4.78 is 1.85. The number of nitrogens with two attached hydrogens (primary N) is 1. The van der Waals surface area contributed by atoms with Crippen LogP contribution in [0.4, 0.5) is 5.82 Å². The van der Waals surface area contributed by atoms with E-state index in [4.69, 9.17) is 5.73 Å². The highest BCUT2D eigenvalue weighted by atomic mass is 15.3. The van der Waals surface area contributed by atoms with Crippen molar-refractivity contribution in [1.29, 1.82) is 0 Å². The quantitative estimate of drug-likeness (QED) is 0.825. The lowest BCUT2D eigenvalue weighted by molar-refractivity contribution is 0.623. The minimum Gasteiger partial charge on any atom is -0.384 e. The summed E-state index contributed by atoms with van der Waals surface area (Å²) in [4.78, 5) is 0. The van der Waals surface area contributed by atoms with Crippen molar-refractivity contribution in [3.8, 4) is 0 Å². The van der Waals surface area contributed by atoms with Crippen LogP contribution in [-0.2, 0) is 13.0 Å². The molecule has 0 unspecified atom stereocenters. The van der Waals surface area contributed by atoms with Crippen LogP contribution in [0.3, 0.4) is 0 Å². The SMILES string of the molecule is Cc1cnn(CCc2ccccc2)c1N. The highest BCUT2D eigenvalue weighted by Gasteiger charge is 2.02. The third-order valence-corrected chi connectivity index (χ3v) is 2.53. The molecule has 0 aliphatic rings. The maximum Gasteiger partial charge on any atom is 0.124 e. The van der Waals surface area contributed by atoms with Crippen LogP contribution in [0.5, 0.6) is 0 Å². The van der Waals surface area contributed by atoms with Gasteiger partial charge < -0.3 is 5.73 Å². The molecule has 0 radical (unpaired) electrons. The van der Waals surface area contributed by atoms with Crippen molar-refractivity contribution in [2.24, 2.45) is 0 Å². The van der Waals surface area contributed by atoms with E-state index >= 15 is 0 Å². The minimum absolute atomic E-state index is 0.769. The van der Waals surface area contributed by atoms with E-state index < -0.39 is 0 Å². The molecule has 0 bridgehead atoms. The molecule has 1 aromatic heterocycles. The number of rotatable bonds is 3. The maximum absolute atomic E-state index is 5.87. The largest absolute Gasteiger partial charge is 0.384 e. The molecule has 1 aromatic carbocycles. The van der Waals surface area contributed by atoms with Gasteiger partial charge in [0.1, 0.15) is 5.82 Å². The molecule has 2 rings (SSSR count). The van der Waals surface area contributed by atoms with Gasteiger partial charge in [0, 0.05) is 12.1 Å². The highest BCUT2D eigenvalue weighted by Crippen LogP contribution is 2.10. The van der Waals surface area contributed by atoms with Crippen LogP contribution in [0.15, 0.2) is 36.5 Å². The van der Waals surface area contributed by atoms with Gasteiger partial charge in [0.05, 0.1) is 6.20 Å². The molecule has 2 aromatic rings. The smallest absolute Gasteiger partial charge is 0.124 e. The Bertz CT molecular complexity index is 431. The van der Waals surface area contributed by atoms with Crippen LogP contribution in [0.2, 0.25) is 0 Å². The molecule has 78 valence electrons. The Morgan fingerprint density at radius 2 is 2.00 bits per heavy atom. The van der Waals surface area contributed by atoms with E-state index in [2.05, 4.69) is 17.2 Å². The van der Waals surface area contributed by atoms with Gasteiger partial charge in [-0.25, -0.2) is 4.68 Å². The standard InChI is InChI=1S/C12H15N3/c1-10-9-14-15(12(10)13)8-7-11-5-3-2-4-6-11/h2-6,9H,7-8,13H2,1H3. The van der Waals surface area contributed by atoms with Gasteiger partial charge in [0.2, 0.25) is 0 Å². The zero-order valence-electron chi connectivity index (χ0n) is 8.85. The van der Waals surface area contributed by atoms with Crippen LogP contribution >= 0.6 is 0 Å². The van der Waals surface area contributed by atoms with E-state index in [1.807, 2.05) is 29.8 Å². The molecular formula is C12H15N3. The first-order valence-electron chi connectivity index (χ1n) is 5.09. The molecule has 3 heteroatoms. The molecule has 2 N–H and O–H groups in total. The zero-order valence-corrected chi connectivity index (χ0v) is 8.85. The number of hydrogen-bond donors (Lipinski definition) is 1. The van der Waals surface area contributed by atoms with Crippen molar-refractivity contribution in [3.05, 3.63) is 47.7 Å². The van der Waals surface area contributed by atoms with Crippen molar-refractivity contribution >= 4 is 5.82 Å². The van der Waals surface area contributed by atoms with Gasteiger partial charge in [-0.05, 0) is 18.9 Å². The van der Waals surface area contributed by atoms with Crippen LogP contribution in [0.25, 0.3) is 0 Å². The van der Waals surface area contributed by atoms with Gasteiger partial charge in [0.25, 0.3) is 0 Å². The van der Waals surface area contributed by atoms with Gasteiger partial charge in [-0.3, -0.25) is 0 Å². The topological polar surface area (TPSA) is 43.8 Å². The Morgan fingerprint density at radius 1 is 1.27 bits per heavy atom. The van der Waals surface area contributed by atoms with Gasteiger partial charge in [-0.1, -0.05) is 30.3 Å². The molecular weight excluding hydrogens is 186 g/mol. The number of aromatic nitrogens is 2. The first-order valence-corrected chi connectivity index (χ1v) is 5.09. The number of nitrogen functional groups attached to an aromatic ring is 1. The van der Waals surface area contributed by atoms with Crippen molar-refractivity contribution in [2.75, 3.05) is 5.73 Å². The predicted octanol–water partition coefficient (Wildman–Crippen LogP) is 2.02. The zero-order chi connectivity index (χ0) is 10.7. The Morgan fingerprint density at radius 3 is 2.60 bits per heavy atom. The molecule has 0 saturated carbocycles. The molecule has 0 spiro atoms. The van der Waals surface area contributed by atoms with Gasteiger partial charge in [-0.2, -0.15) is 5.10 Å². The van der Waals surface area contributed by atoms with E-state index in [-0.39, 0.29) is 0 Å². The molecule has 3 nitrogen and oxygen atoms in total. The van der Waals surface area contributed by atoms with Gasteiger partial charge in [0.15, 0.2) is 0 Å². The minimum atomic E-state index is 0.769. The fraction of sp³-hybridized carbons (Fsp3) is 0.250. The first kappa shape index (κ1) is 9.77. The number of aryl methyl sites for hydroxylation is 3. The van der Waals surface area contributed by atoms with Crippen molar-refractivity contribution < 1.29 is 0 Å². The molecule has 15 heavy (non-hydrogen) atoms. The number of benzene rings is 1. The molecule has 0 aliphatic carbocycles. The second kappa shape index (κ2) is 4.17. The number of hydrogen-bond acceptors (Lipinski definition) is 2. The lowest BCUT2D eigenvalue weighted by Crippen LogP contribution is -2.07. The van der Waals surface area contributed by atoms with E-state index in [1.54, 1.807) is 6.20 Å². The molecule has 1 heterocycles. The van der Waals surface area contributed by atoms with Crippen molar-refractivity contribution in [2.45, 2.75) is 19.9 Å². The third-order valence-electron chi connectivity index (χ3n) is 2.53. The molecule has 0 atom stereocenters. The number of anilines is 1. The average Bonchev–Trinajstić information content (AvgIpc) is 2.59. The Hall–Kier alpha value is -1.77. The van der Waals surface area contributed by atoms with E-state index in [9.17, 15) is 0 Å². The number of nitrogens with zero attached hydrogens (tertiary/aromatic N) is 2. The Kier molecular flexibility index (Phi) is 2.72. The second-order valence-electron chi connectivity index (χ2n) is 3.67. The molecule has 0 fully saturated rings. The van der Waals surface area contributed by atoms with Crippen LogP contribution in [0, 0.1) is 6.92 Å². The summed E-state index contributed by atoms with van der Waals surface area (Å²) in [7, 11) is 0. The Labute approximate surface area is 89.5 Å². The molecule has 0 aliphatic heterocycles. The lowest BCUT2D eigenvalue weighted by atomic mass is 10.1. The summed E-state index contributed by atoms with van der Waals surface area (Å²) in [5, 5.41) is 4.22. The van der Waals surface area contributed by atoms with Gasteiger partial charge >= 0.3 is 0 Å². The predicted molar refractivity (Wildman–Crippen MR) is 61.5 cm³/mol.